The Labute approximate surface area is 133 Å². The van der Waals surface area contributed by atoms with E-state index in [0.29, 0.717) is 6.04 Å². The Bertz CT molecular complexity index is 591. The van der Waals surface area contributed by atoms with E-state index in [1.165, 1.54) is 19.3 Å². The SMILES string of the molecule is CN(C1CCCCC1)P(=O)(c1ccccc1)c1ccccc1. The summed E-state index contributed by atoms with van der Waals surface area (Å²) in [6.45, 7) is 0. The maximum absolute atomic E-state index is 14.1. The van der Waals surface area contributed by atoms with Crippen molar-refractivity contribution in [2.45, 2.75) is 38.1 Å². The highest BCUT2D eigenvalue weighted by Gasteiger charge is 2.36. The van der Waals surface area contributed by atoms with Gasteiger partial charge in [0.15, 0.2) is 0 Å². The molecular formula is C19H24NOP. The molecule has 0 aliphatic heterocycles. The van der Waals surface area contributed by atoms with Crippen molar-refractivity contribution in [2.75, 3.05) is 7.05 Å². The Hall–Kier alpha value is -1.37. The first-order valence-corrected chi connectivity index (χ1v) is 9.83. The van der Waals surface area contributed by atoms with Gasteiger partial charge < -0.3 is 0 Å². The van der Waals surface area contributed by atoms with Crippen LogP contribution < -0.4 is 10.6 Å². The summed E-state index contributed by atoms with van der Waals surface area (Å²) in [7, 11) is -0.698. The van der Waals surface area contributed by atoms with Crippen molar-refractivity contribution < 1.29 is 4.57 Å². The molecule has 1 fully saturated rings. The first-order chi connectivity index (χ1) is 10.7. The smallest absolute Gasteiger partial charge is 0.207 e. The van der Waals surface area contributed by atoms with Gasteiger partial charge >= 0.3 is 0 Å². The minimum Gasteiger partial charge on any atom is -0.296 e. The van der Waals surface area contributed by atoms with Gasteiger partial charge in [-0.15, -0.1) is 0 Å². The summed E-state index contributed by atoms with van der Waals surface area (Å²) in [5, 5.41) is 1.88. The van der Waals surface area contributed by atoms with Gasteiger partial charge in [0, 0.05) is 16.7 Å². The van der Waals surface area contributed by atoms with Gasteiger partial charge in [0.05, 0.1) is 0 Å². The van der Waals surface area contributed by atoms with Crippen molar-refractivity contribution in [3.05, 3.63) is 60.7 Å². The quantitative estimate of drug-likeness (QED) is 0.789. The molecule has 3 rings (SSSR count). The fraction of sp³-hybridized carbons (Fsp3) is 0.368. The molecule has 0 aromatic heterocycles. The standard InChI is InChI=1S/C19H24NOP/c1-20(17-11-5-2-6-12-17)22(21,18-13-7-3-8-14-18)19-15-9-4-10-16-19/h3-4,7-10,13-17H,2,5-6,11-12H2,1H3. The summed E-state index contributed by atoms with van der Waals surface area (Å²) in [5.41, 5.74) is 0. The van der Waals surface area contributed by atoms with E-state index in [0.717, 1.165) is 23.5 Å². The molecule has 2 aromatic carbocycles. The topological polar surface area (TPSA) is 20.3 Å². The lowest BCUT2D eigenvalue weighted by molar-refractivity contribution is 0.289. The van der Waals surface area contributed by atoms with Crippen LogP contribution in [0.4, 0.5) is 0 Å². The second-order valence-corrected chi connectivity index (χ2v) is 8.93. The largest absolute Gasteiger partial charge is 0.296 e. The van der Waals surface area contributed by atoms with E-state index in [2.05, 4.69) is 11.7 Å². The molecule has 2 nitrogen and oxygen atoms in total. The Morgan fingerprint density at radius 2 is 1.27 bits per heavy atom. The summed E-state index contributed by atoms with van der Waals surface area (Å²) < 4.78 is 16.3. The van der Waals surface area contributed by atoms with Crippen LogP contribution >= 0.6 is 7.29 Å². The van der Waals surface area contributed by atoms with E-state index in [1.807, 2.05) is 60.7 Å². The molecule has 0 bridgehead atoms. The zero-order valence-electron chi connectivity index (χ0n) is 13.2. The average molecular weight is 313 g/mol. The van der Waals surface area contributed by atoms with Crippen molar-refractivity contribution in [1.29, 1.82) is 0 Å². The molecule has 0 N–H and O–H groups in total. The van der Waals surface area contributed by atoms with E-state index in [1.54, 1.807) is 0 Å². The minimum absolute atomic E-state index is 0.417. The lowest BCUT2D eigenvalue weighted by Crippen LogP contribution is -2.38. The second-order valence-electron chi connectivity index (χ2n) is 6.11. The van der Waals surface area contributed by atoms with Crippen molar-refractivity contribution >= 4 is 17.9 Å². The molecule has 3 heteroatoms. The van der Waals surface area contributed by atoms with Crippen LogP contribution in [0.5, 0.6) is 0 Å². The Balaban J connectivity index is 2.05. The molecule has 0 heterocycles. The maximum Gasteiger partial charge on any atom is 0.207 e. The maximum atomic E-state index is 14.1. The number of rotatable bonds is 4. The number of hydrogen-bond donors (Lipinski definition) is 0. The van der Waals surface area contributed by atoms with Crippen molar-refractivity contribution in [3.63, 3.8) is 0 Å². The van der Waals surface area contributed by atoms with Crippen LogP contribution in [-0.2, 0) is 4.57 Å². The molecule has 22 heavy (non-hydrogen) atoms. The number of benzene rings is 2. The van der Waals surface area contributed by atoms with Gasteiger partial charge in [0.1, 0.15) is 0 Å². The number of hydrogen-bond acceptors (Lipinski definition) is 1. The summed E-state index contributed by atoms with van der Waals surface area (Å²) in [5.74, 6) is 0. The molecule has 1 aliphatic rings. The van der Waals surface area contributed by atoms with E-state index < -0.39 is 7.29 Å². The van der Waals surface area contributed by atoms with Crippen LogP contribution in [0, 0.1) is 0 Å². The summed E-state index contributed by atoms with van der Waals surface area (Å²) >= 11 is 0. The third kappa shape index (κ3) is 2.91. The third-order valence-corrected chi connectivity index (χ3v) is 7.97. The van der Waals surface area contributed by atoms with Gasteiger partial charge in [-0.25, -0.2) is 4.67 Å². The molecule has 0 spiro atoms. The Morgan fingerprint density at radius 3 is 1.73 bits per heavy atom. The van der Waals surface area contributed by atoms with Gasteiger partial charge in [-0.1, -0.05) is 55.7 Å². The summed E-state index contributed by atoms with van der Waals surface area (Å²) in [6.07, 6.45) is 6.11. The zero-order chi connectivity index (χ0) is 15.4. The van der Waals surface area contributed by atoms with Crippen LogP contribution in [-0.4, -0.2) is 17.8 Å². The van der Waals surface area contributed by atoms with E-state index in [-0.39, 0.29) is 0 Å². The van der Waals surface area contributed by atoms with Crippen LogP contribution in [0.25, 0.3) is 0 Å². The van der Waals surface area contributed by atoms with Gasteiger partial charge in [-0.05, 0) is 44.2 Å². The fourth-order valence-corrected chi connectivity index (χ4v) is 6.33. The lowest BCUT2D eigenvalue weighted by Gasteiger charge is -2.37. The van der Waals surface area contributed by atoms with E-state index >= 15 is 0 Å². The predicted octanol–water partition coefficient (Wildman–Crippen LogP) is 4.18. The minimum atomic E-state index is -2.75. The fourth-order valence-electron chi connectivity index (χ4n) is 3.46. The van der Waals surface area contributed by atoms with Gasteiger partial charge in [-0.2, -0.15) is 0 Å². The highest BCUT2D eigenvalue weighted by Crippen LogP contribution is 2.49. The third-order valence-electron chi connectivity index (χ3n) is 4.76. The Kier molecular flexibility index (Phi) is 4.81. The molecule has 2 aromatic rings. The predicted molar refractivity (Wildman–Crippen MR) is 94.4 cm³/mol. The monoisotopic (exact) mass is 313 g/mol. The molecular weight excluding hydrogens is 289 g/mol. The molecule has 0 atom stereocenters. The average Bonchev–Trinajstić information content (AvgIpc) is 2.62. The van der Waals surface area contributed by atoms with Crippen LogP contribution in [0.3, 0.4) is 0 Å². The van der Waals surface area contributed by atoms with Crippen LogP contribution in [0.1, 0.15) is 32.1 Å². The van der Waals surface area contributed by atoms with Crippen LogP contribution in [0.15, 0.2) is 60.7 Å². The Morgan fingerprint density at radius 1 is 0.818 bits per heavy atom. The van der Waals surface area contributed by atoms with Crippen LogP contribution in [0.2, 0.25) is 0 Å². The van der Waals surface area contributed by atoms with Gasteiger partial charge in [0.25, 0.3) is 0 Å². The summed E-state index contributed by atoms with van der Waals surface area (Å²) in [4.78, 5) is 0. The van der Waals surface area contributed by atoms with Crippen molar-refractivity contribution in [2.24, 2.45) is 0 Å². The molecule has 116 valence electrons. The number of nitrogens with zero attached hydrogens (tertiary/aromatic N) is 1. The first-order valence-electron chi connectivity index (χ1n) is 8.17. The summed E-state index contributed by atoms with van der Waals surface area (Å²) in [6, 6.07) is 20.4. The second kappa shape index (κ2) is 6.81. The molecule has 0 amide bonds. The molecule has 1 aliphatic carbocycles. The highest BCUT2D eigenvalue weighted by molar-refractivity contribution is 7.76. The lowest BCUT2D eigenvalue weighted by atomic mass is 9.96. The highest BCUT2D eigenvalue weighted by atomic mass is 31.2. The van der Waals surface area contributed by atoms with E-state index in [9.17, 15) is 4.57 Å². The molecule has 1 saturated carbocycles. The van der Waals surface area contributed by atoms with E-state index in [4.69, 9.17) is 0 Å². The first kappa shape index (κ1) is 15.5. The zero-order valence-corrected chi connectivity index (χ0v) is 14.1. The normalized spacial score (nSPS) is 16.8. The molecule has 0 unspecified atom stereocenters. The van der Waals surface area contributed by atoms with Crippen molar-refractivity contribution in [1.82, 2.24) is 4.67 Å². The van der Waals surface area contributed by atoms with Gasteiger partial charge in [-0.3, -0.25) is 4.57 Å². The molecule has 0 radical (unpaired) electrons. The van der Waals surface area contributed by atoms with Crippen molar-refractivity contribution in [3.8, 4) is 0 Å². The van der Waals surface area contributed by atoms with Gasteiger partial charge in [0.2, 0.25) is 7.29 Å². The molecule has 0 saturated heterocycles.